The molecule has 1 aromatic heterocycles. The number of carbonyl (C=O) groups excluding carboxylic acids is 1. The van der Waals surface area contributed by atoms with Crippen LogP contribution < -0.4 is 0 Å². The molecule has 0 aromatic carbocycles. The number of carbonyl (C=O) groups is 1. The number of aromatic nitrogens is 2. The smallest absolute Gasteiger partial charge is 0.444 e. The number of aromatic amines is 1. The number of ether oxygens (including phenoxy) is 2. The van der Waals surface area contributed by atoms with Crippen LogP contribution in [0.1, 0.15) is 37.7 Å². The summed E-state index contributed by atoms with van der Waals surface area (Å²) in [6.07, 6.45) is 2.96. The van der Waals surface area contributed by atoms with E-state index in [1.54, 1.807) is 6.33 Å². The molecule has 1 aromatic rings. The van der Waals surface area contributed by atoms with Gasteiger partial charge in [-0.25, -0.2) is 14.3 Å². The van der Waals surface area contributed by atoms with Crippen LogP contribution in [0, 0.1) is 5.92 Å². The molecule has 142 valence electrons. The molecule has 2 aliphatic rings. The number of hydrogen-bond acceptors (Lipinski definition) is 5. The number of fused-ring (bicyclic) bond motifs is 1. The zero-order valence-corrected chi connectivity index (χ0v) is 15.1. The van der Waals surface area contributed by atoms with Crippen molar-refractivity contribution in [2.45, 2.75) is 38.8 Å². The molecule has 3 heterocycles. The predicted octanol–water partition coefficient (Wildman–Crippen LogP) is 0.962. The third-order valence-corrected chi connectivity index (χ3v) is 3.99. The lowest BCUT2D eigenvalue weighted by Gasteiger charge is -2.36. The van der Waals surface area contributed by atoms with Gasteiger partial charge in [-0.3, -0.25) is 4.90 Å². The Morgan fingerprint density at radius 3 is 2.72 bits per heavy atom. The van der Waals surface area contributed by atoms with E-state index in [1.165, 1.54) is 0 Å². The van der Waals surface area contributed by atoms with Crippen LogP contribution in [0.5, 0.6) is 0 Å². The first-order valence-corrected chi connectivity index (χ1v) is 9.58. The Kier molecular flexibility index (Phi) is 6.59. The SMILES string of the molecule is CC(C)[C@H]1c2nc[nH]c2CCN1C(=O)OC1CCOC1.O=P(O)(O)O. The zero-order valence-electron chi connectivity index (χ0n) is 14.2. The van der Waals surface area contributed by atoms with Gasteiger partial charge in [0, 0.05) is 25.1 Å². The molecule has 1 amide bonds. The summed E-state index contributed by atoms with van der Waals surface area (Å²) >= 11 is 0. The van der Waals surface area contributed by atoms with E-state index in [1.807, 2.05) is 4.90 Å². The summed E-state index contributed by atoms with van der Waals surface area (Å²) in [7, 11) is -4.64. The number of nitrogens with zero attached hydrogens (tertiary/aromatic N) is 2. The largest absolute Gasteiger partial charge is 0.466 e. The van der Waals surface area contributed by atoms with E-state index in [4.69, 9.17) is 28.7 Å². The standard InChI is InChI=1S/C14H21N3O3.H3O4P/c1-9(2)13-12-11(15-8-16-12)3-5-17(13)14(18)20-10-4-6-19-7-10;1-5(2,3)4/h8-10,13H,3-7H2,1-2H3,(H,15,16);(H3,1,2,3,4)/t10?,13-;/m0./s1. The molecule has 11 heteroatoms. The van der Waals surface area contributed by atoms with Gasteiger partial charge >= 0.3 is 13.9 Å². The summed E-state index contributed by atoms with van der Waals surface area (Å²) in [5.41, 5.74) is 2.11. The third-order valence-electron chi connectivity index (χ3n) is 3.99. The molecule has 0 radical (unpaired) electrons. The Labute approximate surface area is 145 Å². The summed E-state index contributed by atoms with van der Waals surface area (Å²) in [4.78, 5) is 43.3. The van der Waals surface area contributed by atoms with Crippen LogP contribution in [0.3, 0.4) is 0 Å². The van der Waals surface area contributed by atoms with Crippen molar-refractivity contribution in [2.75, 3.05) is 19.8 Å². The lowest BCUT2D eigenvalue weighted by molar-refractivity contribution is 0.0344. The molecule has 10 nitrogen and oxygen atoms in total. The normalized spacial score (nSPS) is 23.0. The van der Waals surface area contributed by atoms with E-state index in [0.29, 0.717) is 25.7 Å². The predicted molar refractivity (Wildman–Crippen MR) is 86.5 cm³/mol. The number of nitrogens with one attached hydrogen (secondary N) is 1. The van der Waals surface area contributed by atoms with E-state index in [-0.39, 0.29) is 18.2 Å². The van der Waals surface area contributed by atoms with Gasteiger partial charge in [-0.2, -0.15) is 0 Å². The number of hydrogen-bond donors (Lipinski definition) is 4. The Morgan fingerprint density at radius 2 is 2.16 bits per heavy atom. The molecule has 0 spiro atoms. The molecule has 25 heavy (non-hydrogen) atoms. The first-order valence-electron chi connectivity index (χ1n) is 8.02. The summed E-state index contributed by atoms with van der Waals surface area (Å²) in [6.45, 7) is 6.07. The van der Waals surface area contributed by atoms with Crippen LogP contribution in [-0.4, -0.2) is 61.5 Å². The van der Waals surface area contributed by atoms with Crippen molar-refractivity contribution < 1.29 is 33.5 Å². The molecule has 1 fully saturated rings. The van der Waals surface area contributed by atoms with Crippen molar-refractivity contribution in [3.05, 3.63) is 17.7 Å². The second kappa shape index (κ2) is 8.29. The maximum atomic E-state index is 12.4. The maximum absolute atomic E-state index is 12.4. The maximum Gasteiger partial charge on any atom is 0.466 e. The third kappa shape index (κ3) is 5.79. The molecule has 0 aliphatic carbocycles. The minimum Gasteiger partial charge on any atom is -0.444 e. The number of phosphoric acid groups is 1. The van der Waals surface area contributed by atoms with Crippen LogP contribution in [0.25, 0.3) is 0 Å². The van der Waals surface area contributed by atoms with Crippen molar-refractivity contribution in [3.8, 4) is 0 Å². The number of H-pyrrole nitrogens is 1. The first kappa shape index (κ1) is 19.9. The van der Waals surface area contributed by atoms with Crippen molar-refractivity contribution in [3.63, 3.8) is 0 Å². The van der Waals surface area contributed by atoms with Gasteiger partial charge in [-0.05, 0) is 5.92 Å². The monoisotopic (exact) mass is 377 g/mol. The molecule has 2 atom stereocenters. The Balaban J connectivity index is 0.000000399. The van der Waals surface area contributed by atoms with Crippen LogP contribution in [0.2, 0.25) is 0 Å². The Morgan fingerprint density at radius 1 is 1.48 bits per heavy atom. The zero-order chi connectivity index (χ0) is 18.6. The van der Waals surface area contributed by atoms with Gasteiger partial charge in [0.2, 0.25) is 0 Å². The lowest BCUT2D eigenvalue weighted by atomic mass is 9.94. The molecule has 4 N–H and O–H groups in total. The first-order chi connectivity index (χ1) is 11.7. The van der Waals surface area contributed by atoms with Gasteiger partial charge in [-0.1, -0.05) is 13.8 Å². The second-order valence-electron chi connectivity index (χ2n) is 6.28. The highest BCUT2D eigenvalue weighted by atomic mass is 31.2. The van der Waals surface area contributed by atoms with Crippen molar-refractivity contribution in [1.82, 2.24) is 14.9 Å². The highest BCUT2D eigenvalue weighted by Gasteiger charge is 2.36. The Bertz CT molecular complexity index is 615. The van der Waals surface area contributed by atoms with Gasteiger partial charge < -0.3 is 29.1 Å². The summed E-state index contributed by atoms with van der Waals surface area (Å²) in [6, 6.07) is -0.0141. The lowest BCUT2D eigenvalue weighted by Crippen LogP contribution is -2.43. The van der Waals surface area contributed by atoms with Crippen LogP contribution >= 0.6 is 7.82 Å². The van der Waals surface area contributed by atoms with Gasteiger partial charge in [0.15, 0.2) is 0 Å². The van der Waals surface area contributed by atoms with Gasteiger partial charge in [-0.15, -0.1) is 0 Å². The fraction of sp³-hybridized carbons (Fsp3) is 0.714. The average Bonchev–Trinajstić information content (AvgIpc) is 3.14. The van der Waals surface area contributed by atoms with Gasteiger partial charge in [0.1, 0.15) is 6.10 Å². The topological polar surface area (TPSA) is 145 Å². The van der Waals surface area contributed by atoms with E-state index >= 15 is 0 Å². The summed E-state index contributed by atoms with van der Waals surface area (Å²) in [5.74, 6) is 0.296. The van der Waals surface area contributed by atoms with E-state index < -0.39 is 7.82 Å². The van der Waals surface area contributed by atoms with Gasteiger partial charge in [0.25, 0.3) is 0 Å². The van der Waals surface area contributed by atoms with E-state index in [0.717, 1.165) is 24.2 Å². The van der Waals surface area contributed by atoms with Crippen molar-refractivity contribution >= 4 is 13.9 Å². The Hall–Kier alpha value is -1.45. The molecular formula is C14H24N3O7P. The molecule has 2 aliphatic heterocycles. The quantitative estimate of drug-likeness (QED) is 0.558. The average molecular weight is 377 g/mol. The second-order valence-corrected chi connectivity index (χ2v) is 7.31. The molecular weight excluding hydrogens is 353 g/mol. The highest BCUT2D eigenvalue weighted by molar-refractivity contribution is 7.45. The molecule has 1 unspecified atom stereocenters. The molecule has 3 rings (SSSR count). The molecule has 1 saturated heterocycles. The number of imidazole rings is 1. The van der Waals surface area contributed by atoms with Crippen molar-refractivity contribution in [2.24, 2.45) is 5.92 Å². The fourth-order valence-corrected chi connectivity index (χ4v) is 3.00. The number of rotatable bonds is 2. The van der Waals surface area contributed by atoms with Gasteiger partial charge in [0.05, 0.1) is 31.3 Å². The fourth-order valence-electron chi connectivity index (χ4n) is 3.00. The molecule has 0 bridgehead atoms. The summed E-state index contributed by atoms with van der Waals surface area (Å²) < 4.78 is 19.7. The highest BCUT2D eigenvalue weighted by Crippen LogP contribution is 2.34. The van der Waals surface area contributed by atoms with E-state index in [9.17, 15) is 4.79 Å². The number of amides is 1. The van der Waals surface area contributed by atoms with Crippen LogP contribution in [-0.2, 0) is 20.5 Å². The van der Waals surface area contributed by atoms with Crippen LogP contribution in [0.15, 0.2) is 6.33 Å². The van der Waals surface area contributed by atoms with Crippen molar-refractivity contribution in [1.29, 1.82) is 0 Å². The van der Waals surface area contributed by atoms with E-state index in [2.05, 4.69) is 23.8 Å². The molecule has 0 saturated carbocycles. The minimum atomic E-state index is -4.64. The van der Waals surface area contributed by atoms with Crippen LogP contribution in [0.4, 0.5) is 4.79 Å². The summed E-state index contributed by atoms with van der Waals surface area (Å²) in [5, 5.41) is 0. The minimum absolute atomic E-state index is 0.0141.